The summed E-state index contributed by atoms with van der Waals surface area (Å²) in [6, 6.07) is 14.1. The fourth-order valence-electron chi connectivity index (χ4n) is 5.90. The second-order valence-electron chi connectivity index (χ2n) is 9.45. The standard InChI is InChI=1S/C26H31NO4/c1-4-30-18-9-10-20-22(16-18)31-25(2,3)23(15-17-11-13-29-14-12-17)26(20)19-7-5-6-8-21(19)27-24(26)28/h5-10,16-17,23H,4,11-15H2,1-3H3,(H,27,28)/t23?,26-/m1/s1. The van der Waals surface area contributed by atoms with E-state index in [1.807, 2.05) is 43.3 Å². The van der Waals surface area contributed by atoms with Gasteiger partial charge in [-0.15, -0.1) is 0 Å². The molecule has 2 atom stereocenters. The molecule has 5 rings (SSSR count). The number of anilines is 1. The van der Waals surface area contributed by atoms with Gasteiger partial charge in [0.25, 0.3) is 0 Å². The molecular weight excluding hydrogens is 390 g/mol. The number of carbonyl (C=O) groups excluding carboxylic acids is 1. The molecule has 31 heavy (non-hydrogen) atoms. The minimum atomic E-state index is -0.781. The summed E-state index contributed by atoms with van der Waals surface area (Å²) in [6.45, 7) is 8.40. The van der Waals surface area contributed by atoms with Crippen LogP contribution in [0.4, 0.5) is 5.69 Å². The fourth-order valence-corrected chi connectivity index (χ4v) is 5.90. The average molecular weight is 422 g/mol. The summed E-state index contributed by atoms with van der Waals surface area (Å²) in [5.41, 5.74) is 1.59. The van der Waals surface area contributed by atoms with Crippen molar-refractivity contribution in [3.05, 3.63) is 53.6 Å². The zero-order chi connectivity index (χ0) is 21.6. The molecule has 1 spiro atoms. The summed E-state index contributed by atoms with van der Waals surface area (Å²) in [7, 11) is 0. The van der Waals surface area contributed by atoms with Crippen molar-refractivity contribution in [1.29, 1.82) is 0 Å². The molecule has 0 radical (unpaired) electrons. The van der Waals surface area contributed by atoms with E-state index >= 15 is 0 Å². The van der Waals surface area contributed by atoms with E-state index in [0.717, 1.165) is 60.8 Å². The molecule has 2 aromatic carbocycles. The van der Waals surface area contributed by atoms with Gasteiger partial charge in [-0.25, -0.2) is 0 Å². The van der Waals surface area contributed by atoms with Crippen LogP contribution >= 0.6 is 0 Å². The molecule has 0 bridgehead atoms. The van der Waals surface area contributed by atoms with Gasteiger partial charge < -0.3 is 19.5 Å². The Kier molecular flexibility index (Phi) is 4.97. The van der Waals surface area contributed by atoms with Gasteiger partial charge in [0, 0.05) is 36.4 Å². The zero-order valence-electron chi connectivity index (χ0n) is 18.6. The largest absolute Gasteiger partial charge is 0.494 e. The minimum absolute atomic E-state index is 0.00260. The summed E-state index contributed by atoms with van der Waals surface area (Å²) in [6.07, 6.45) is 2.98. The molecule has 1 saturated heterocycles. The van der Waals surface area contributed by atoms with Crippen molar-refractivity contribution in [3.8, 4) is 11.5 Å². The highest BCUT2D eigenvalue weighted by Crippen LogP contribution is 2.59. The van der Waals surface area contributed by atoms with Crippen LogP contribution in [0.5, 0.6) is 11.5 Å². The lowest BCUT2D eigenvalue weighted by Gasteiger charge is -2.51. The van der Waals surface area contributed by atoms with Gasteiger partial charge in [0.1, 0.15) is 22.5 Å². The second-order valence-corrected chi connectivity index (χ2v) is 9.45. The first-order valence-corrected chi connectivity index (χ1v) is 11.4. The Balaban J connectivity index is 1.71. The first-order valence-electron chi connectivity index (χ1n) is 11.4. The Hall–Kier alpha value is -2.53. The molecule has 5 heteroatoms. The van der Waals surface area contributed by atoms with Gasteiger partial charge in [-0.2, -0.15) is 0 Å². The Labute approximate surface area is 184 Å². The normalized spacial score (nSPS) is 26.7. The van der Waals surface area contributed by atoms with Crippen molar-refractivity contribution < 1.29 is 19.0 Å². The Morgan fingerprint density at radius 2 is 1.87 bits per heavy atom. The number of fused-ring (bicyclic) bond motifs is 4. The predicted octanol–water partition coefficient (Wildman–Crippen LogP) is 4.93. The number of rotatable bonds is 4. The van der Waals surface area contributed by atoms with Crippen LogP contribution in [0, 0.1) is 11.8 Å². The summed E-state index contributed by atoms with van der Waals surface area (Å²) in [4.78, 5) is 13.9. The molecular formula is C26H31NO4. The quantitative estimate of drug-likeness (QED) is 0.761. The van der Waals surface area contributed by atoms with Crippen molar-refractivity contribution in [2.45, 2.75) is 51.0 Å². The van der Waals surface area contributed by atoms with Crippen LogP contribution in [-0.2, 0) is 14.9 Å². The summed E-state index contributed by atoms with van der Waals surface area (Å²) >= 11 is 0. The molecule has 1 amide bonds. The minimum Gasteiger partial charge on any atom is -0.494 e. The van der Waals surface area contributed by atoms with Gasteiger partial charge >= 0.3 is 0 Å². The van der Waals surface area contributed by atoms with Crippen molar-refractivity contribution in [1.82, 2.24) is 0 Å². The van der Waals surface area contributed by atoms with Crippen molar-refractivity contribution >= 4 is 11.6 Å². The maximum absolute atomic E-state index is 13.9. The second kappa shape index (κ2) is 7.56. The first-order chi connectivity index (χ1) is 15.0. The highest BCUT2D eigenvalue weighted by atomic mass is 16.5. The number of benzene rings is 2. The number of ether oxygens (including phenoxy) is 3. The molecule has 3 heterocycles. The van der Waals surface area contributed by atoms with Crippen LogP contribution < -0.4 is 14.8 Å². The molecule has 3 aliphatic heterocycles. The highest BCUT2D eigenvalue weighted by molar-refractivity contribution is 6.09. The van der Waals surface area contributed by atoms with Crippen LogP contribution in [0.1, 0.15) is 51.2 Å². The topological polar surface area (TPSA) is 56.8 Å². The van der Waals surface area contributed by atoms with E-state index in [4.69, 9.17) is 14.2 Å². The van der Waals surface area contributed by atoms with Crippen LogP contribution in [0.3, 0.4) is 0 Å². The van der Waals surface area contributed by atoms with E-state index in [1.54, 1.807) is 0 Å². The van der Waals surface area contributed by atoms with E-state index < -0.39 is 11.0 Å². The number of para-hydroxylation sites is 1. The van der Waals surface area contributed by atoms with E-state index in [-0.39, 0.29) is 11.8 Å². The monoisotopic (exact) mass is 421 g/mol. The number of nitrogens with one attached hydrogen (secondary N) is 1. The third kappa shape index (κ3) is 3.13. The molecule has 2 aromatic rings. The molecule has 5 nitrogen and oxygen atoms in total. The van der Waals surface area contributed by atoms with Crippen LogP contribution in [-0.4, -0.2) is 31.3 Å². The smallest absolute Gasteiger partial charge is 0.240 e. The molecule has 3 aliphatic rings. The number of hydrogen-bond acceptors (Lipinski definition) is 4. The molecule has 0 aromatic heterocycles. The van der Waals surface area contributed by atoms with Crippen LogP contribution in [0.25, 0.3) is 0 Å². The summed E-state index contributed by atoms with van der Waals surface area (Å²) in [5.74, 6) is 2.07. The molecule has 1 N–H and O–H groups in total. The molecule has 0 aliphatic carbocycles. The van der Waals surface area contributed by atoms with Gasteiger partial charge in [0.15, 0.2) is 0 Å². The SMILES string of the molecule is CCOc1ccc2c(c1)OC(C)(C)C(CC1CCOCC1)[C@]21C(=O)Nc2ccccc21. The van der Waals surface area contributed by atoms with Gasteiger partial charge in [-0.1, -0.05) is 24.3 Å². The first kappa shape index (κ1) is 20.4. The molecule has 164 valence electrons. The molecule has 1 unspecified atom stereocenters. The van der Waals surface area contributed by atoms with Gasteiger partial charge in [0.05, 0.1) is 6.61 Å². The molecule has 0 saturated carbocycles. The molecule has 1 fully saturated rings. The van der Waals surface area contributed by atoms with E-state index in [1.165, 1.54) is 0 Å². The van der Waals surface area contributed by atoms with Crippen LogP contribution in [0.2, 0.25) is 0 Å². The average Bonchev–Trinajstić information content (AvgIpc) is 3.04. The zero-order valence-corrected chi connectivity index (χ0v) is 18.6. The van der Waals surface area contributed by atoms with E-state index in [2.05, 4.69) is 25.2 Å². The lowest BCUT2D eigenvalue weighted by molar-refractivity contribution is -0.127. The maximum atomic E-state index is 13.9. The Morgan fingerprint density at radius 3 is 2.65 bits per heavy atom. The van der Waals surface area contributed by atoms with Gasteiger partial charge in [0.2, 0.25) is 5.91 Å². The van der Waals surface area contributed by atoms with Crippen LogP contribution in [0.15, 0.2) is 42.5 Å². The number of carbonyl (C=O) groups is 1. The number of hydrogen-bond donors (Lipinski definition) is 1. The number of amides is 1. The lowest BCUT2D eigenvalue weighted by Crippen LogP contribution is -2.58. The fraction of sp³-hybridized carbons (Fsp3) is 0.500. The lowest BCUT2D eigenvalue weighted by atomic mass is 9.57. The van der Waals surface area contributed by atoms with Crippen molar-refractivity contribution in [2.24, 2.45) is 11.8 Å². The van der Waals surface area contributed by atoms with Crippen molar-refractivity contribution in [3.63, 3.8) is 0 Å². The maximum Gasteiger partial charge on any atom is 0.240 e. The van der Waals surface area contributed by atoms with E-state index in [0.29, 0.717) is 12.5 Å². The Morgan fingerprint density at radius 1 is 1.10 bits per heavy atom. The summed E-state index contributed by atoms with van der Waals surface area (Å²) in [5, 5.41) is 3.19. The van der Waals surface area contributed by atoms with Gasteiger partial charge in [-0.05, 0) is 63.6 Å². The van der Waals surface area contributed by atoms with E-state index in [9.17, 15) is 4.79 Å². The third-order valence-corrected chi connectivity index (χ3v) is 7.29. The Bertz CT molecular complexity index is 995. The predicted molar refractivity (Wildman–Crippen MR) is 120 cm³/mol. The van der Waals surface area contributed by atoms with Crippen molar-refractivity contribution in [2.75, 3.05) is 25.1 Å². The van der Waals surface area contributed by atoms with Gasteiger partial charge in [-0.3, -0.25) is 4.79 Å². The third-order valence-electron chi connectivity index (χ3n) is 7.29. The highest BCUT2D eigenvalue weighted by Gasteiger charge is 2.62. The summed E-state index contributed by atoms with van der Waals surface area (Å²) < 4.78 is 18.0.